The number of anilines is 1. The maximum atomic E-state index is 5.67. The first kappa shape index (κ1) is 13.8. The molecule has 2 rings (SSSR count). The molecule has 18 heavy (non-hydrogen) atoms. The second-order valence-electron chi connectivity index (χ2n) is 4.64. The summed E-state index contributed by atoms with van der Waals surface area (Å²) in [6.07, 6.45) is 1.53. The van der Waals surface area contributed by atoms with Crippen LogP contribution in [0.5, 0.6) is 0 Å². The van der Waals surface area contributed by atoms with E-state index in [2.05, 4.69) is 45.2 Å². The smallest absolute Gasteiger partial charge is 0.0700 e. The lowest BCUT2D eigenvalue weighted by Gasteiger charge is -2.32. The molecule has 1 heterocycles. The third kappa shape index (κ3) is 4.26. The fraction of sp³-hybridized carbons (Fsp3) is 0.571. The van der Waals surface area contributed by atoms with E-state index in [1.54, 1.807) is 0 Å². The van der Waals surface area contributed by atoms with Gasteiger partial charge in [-0.15, -0.1) is 0 Å². The van der Waals surface area contributed by atoms with E-state index in [0.717, 1.165) is 43.7 Å². The van der Waals surface area contributed by atoms with Crippen molar-refractivity contribution >= 4 is 21.6 Å². The minimum absolute atomic E-state index is 0.421. The van der Waals surface area contributed by atoms with Crippen molar-refractivity contribution in [1.82, 2.24) is 4.90 Å². The first-order valence-electron chi connectivity index (χ1n) is 6.61. The zero-order valence-electron chi connectivity index (χ0n) is 10.9. The van der Waals surface area contributed by atoms with Crippen molar-refractivity contribution < 1.29 is 4.74 Å². The third-order valence-corrected chi connectivity index (χ3v) is 3.75. The Morgan fingerprint density at radius 3 is 3.17 bits per heavy atom. The van der Waals surface area contributed by atoms with Crippen LogP contribution in [-0.2, 0) is 4.74 Å². The van der Waals surface area contributed by atoms with Crippen LogP contribution in [0.25, 0.3) is 0 Å². The monoisotopic (exact) mass is 312 g/mol. The minimum Gasteiger partial charge on any atom is -0.384 e. The van der Waals surface area contributed by atoms with Crippen molar-refractivity contribution in [3.8, 4) is 0 Å². The van der Waals surface area contributed by atoms with Gasteiger partial charge in [0.15, 0.2) is 0 Å². The summed E-state index contributed by atoms with van der Waals surface area (Å²) < 4.78 is 6.79. The lowest BCUT2D eigenvalue weighted by atomic mass is 10.2. The van der Waals surface area contributed by atoms with Gasteiger partial charge in [-0.2, -0.15) is 0 Å². The van der Waals surface area contributed by atoms with E-state index in [1.165, 1.54) is 5.69 Å². The van der Waals surface area contributed by atoms with Gasteiger partial charge in [0.1, 0.15) is 0 Å². The number of rotatable bonds is 5. The molecule has 1 aromatic carbocycles. The van der Waals surface area contributed by atoms with Crippen molar-refractivity contribution in [1.29, 1.82) is 0 Å². The first-order valence-corrected chi connectivity index (χ1v) is 7.40. The Bertz CT molecular complexity index is 373. The van der Waals surface area contributed by atoms with Crippen LogP contribution < -0.4 is 5.32 Å². The second-order valence-corrected chi connectivity index (χ2v) is 5.55. The highest BCUT2D eigenvalue weighted by Gasteiger charge is 2.17. The quantitative estimate of drug-likeness (QED) is 0.904. The molecule has 1 unspecified atom stereocenters. The van der Waals surface area contributed by atoms with Crippen LogP contribution in [0.2, 0.25) is 0 Å². The van der Waals surface area contributed by atoms with E-state index in [0.29, 0.717) is 6.10 Å². The molecule has 1 saturated heterocycles. The summed E-state index contributed by atoms with van der Waals surface area (Å²) in [6.45, 7) is 7.23. The molecule has 100 valence electrons. The normalized spacial score (nSPS) is 20.9. The molecule has 0 aliphatic carbocycles. The summed E-state index contributed by atoms with van der Waals surface area (Å²) in [5, 5.41) is 3.45. The Hall–Kier alpha value is -0.580. The zero-order chi connectivity index (χ0) is 12.8. The number of hydrogen-bond donors (Lipinski definition) is 1. The van der Waals surface area contributed by atoms with E-state index >= 15 is 0 Å². The highest BCUT2D eigenvalue weighted by atomic mass is 79.9. The molecule has 1 aromatic rings. The third-order valence-electron chi connectivity index (χ3n) is 3.26. The number of nitrogens with one attached hydrogen (secondary N) is 1. The Balaban J connectivity index is 1.72. The van der Waals surface area contributed by atoms with E-state index in [1.807, 2.05) is 12.1 Å². The molecule has 0 aromatic heterocycles. The fourth-order valence-corrected chi connectivity index (χ4v) is 2.59. The van der Waals surface area contributed by atoms with Crippen molar-refractivity contribution in [2.24, 2.45) is 0 Å². The van der Waals surface area contributed by atoms with Crippen LogP contribution in [0.3, 0.4) is 0 Å². The van der Waals surface area contributed by atoms with E-state index < -0.39 is 0 Å². The van der Waals surface area contributed by atoms with Crippen LogP contribution in [0.4, 0.5) is 5.69 Å². The molecule has 1 N–H and O–H groups in total. The number of morpholine rings is 1. The summed E-state index contributed by atoms with van der Waals surface area (Å²) in [5.74, 6) is 0. The largest absolute Gasteiger partial charge is 0.384 e. The molecular weight excluding hydrogens is 292 g/mol. The van der Waals surface area contributed by atoms with Crippen molar-refractivity contribution in [3.05, 3.63) is 28.7 Å². The van der Waals surface area contributed by atoms with Gasteiger partial charge in [0.2, 0.25) is 0 Å². The average Bonchev–Trinajstić information content (AvgIpc) is 2.39. The van der Waals surface area contributed by atoms with E-state index in [9.17, 15) is 0 Å². The van der Waals surface area contributed by atoms with Crippen LogP contribution in [0.15, 0.2) is 28.7 Å². The summed E-state index contributed by atoms with van der Waals surface area (Å²) in [5.41, 5.74) is 1.17. The van der Waals surface area contributed by atoms with Gasteiger partial charge in [-0.25, -0.2) is 0 Å². The summed E-state index contributed by atoms with van der Waals surface area (Å²) >= 11 is 3.48. The molecule has 3 nitrogen and oxygen atoms in total. The minimum atomic E-state index is 0.421. The molecule has 0 radical (unpaired) electrons. The molecule has 1 atom stereocenters. The summed E-state index contributed by atoms with van der Waals surface area (Å²) in [4.78, 5) is 2.47. The van der Waals surface area contributed by atoms with Crippen LogP contribution >= 0.6 is 15.9 Å². The molecular formula is C14H21BrN2O. The Morgan fingerprint density at radius 2 is 2.39 bits per heavy atom. The van der Waals surface area contributed by atoms with Gasteiger partial charge in [-0.1, -0.05) is 28.9 Å². The number of nitrogens with zero attached hydrogens (tertiary/aromatic N) is 1. The molecule has 4 heteroatoms. The van der Waals surface area contributed by atoms with Gasteiger partial charge in [0.25, 0.3) is 0 Å². The van der Waals surface area contributed by atoms with Gasteiger partial charge in [0.05, 0.1) is 12.7 Å². The number of ether oxygens (including phenoxy) is 1. The predicted octanol–water partition coefficient (Wildman–Crippen LogP) is 2.97. The van der Waals surface area contributed by atoms with Gasteiger partial charge < -0.3 is 10.1 Å². The molecule has 1 fully saturated rings. The van der Waals surface area contributed by atoms with Gasteiger partial charge in [-0.05, 0) is 24.6 Å². The number of halogens is 1. The zero-order valence-corrected chi connectivity index (χ0v) is 12.4. The van der Waals surface area contributed by atoms with Crippen LogP contribution in [0.1, 0.15) is 13.3 Å². The summed E-state index contributed by atoms with van der Waals surface area (Å²) in [7, 11) is 0. The second kappa shape index (κ2) is 7.12. The van der Waals surface area contributed by atoms with Crippen LogP contribution in [-0.4, -0.2) is 43.8 Å². The fourth-order valence-electron chi connectivity index (χ4n) is 2.19. The Labute approximate surface area is 118 Å². The maximum absolute atomic E-state index is 5.67. The van der Waals surface area contributed by atoms with Gasteiger partial charge in [-0.3, -0.25) is 4.90 Å². The lowest BCUT2D eigenvalue weighted by Crippen LogP contribution is -2.43. The highest BCUT2D eigenvalue weighted by Crippen LogP contribution is 2.15. The first-order chi connectivity index (χ1) is 8.78. The number of benzene rings is 1. The topological polar surface area (TPSA) is 24.5 Å². The lowest BCUT2D eigenvalue weighted by molar-refractivity contribution is -0.0282. The predicted molar refractivity (Wildman–Crippen MR) is 79.1 cm³/mol. The Morgan fingerprint density at radius 1 is 1.50 bits per heavy atom. The van der Waals surface area contributed by atoms with E-state index in [-0.39, 0.29) is 0 Å². The van der Waals surface area contributed by atoms with Gasteiger partial charge >= 0.3 is 0 Å². The van der Waals surface area contributed by atoms with Crippen molar-refractivity contribution in [2.75, 3.05) is 38.1 Å². The van der Waals surface area contributed by atoms with Crippen molar-refractivity contribution in [2.45, 2.75) is 19.4 Å². The molecule has 1 aliphatic rings. The molecule has 0 bridgehead atoms. The Kier molecular flexibility index (Phi) is 5.47. The average molecular weight is 313 g/mol. The molecule has 0 saturated carbocycles. The molecule has 0 amide bonds. The van der Waals surface area contributed by atoms with Gasteiger partial charge in [0, 0.05) is 36.3 Å². The standard InChI is InChI=1S/C14H21BrN2O/c1-2-14-11-17(8-9-18-14)7-6-16-13-5-3-4-12(15)10-13/h3-5,10,14,16H,2,6-9,11H2,1H3. The maximum Gasteiger partial charge on any atom is 0.0700 e. The SMILES string of the molecule is CCC1CN(CCNc2cccc(Br)c2)CCO1. The molecule has 1 aliphatic heterocycles. The van der Waals surface area contributed by atoms with Crippen molar-refractivity contribution in [3.63, 3.8) is 0 Å². The molecule has 0 spiro atoms. The van der Waals surface area contributed by atoms with E-state index in [4.69, 9.17) is 4.74 Å². The summed E-state index contributed by atoms with van der Waals surface area (Å²) in [6, 6.07) is 8.29. The van der Waals surface area contributed by atoms with Crippen LogP contribution in [0, 0.1) is 0 Å². The highest BCUT2D eigenvalue weighted by molar-refractivity contribution is 9.10. The number of hydrogen-bond acceptors (Lipinski definition) is 3.